The van der Waals surface area contributed by atoms with Crippen molar-refractivity contribution in [2.45, 2.75) is 23.5 Å². The third-order valence-electron chi connectivity index (χ3n) is 2.87. The molecule has 0 atom stereocenters. The molecule has 2 aromatic rings. The van der Waals surface area contributed by atoms with Gasteiger partial charge in [0.05, 0.1) is 15.0 Å². The van der Waals surface area contributed by atoms with Gasteiger partial charge in [-0.2, -0.15) is 0 Å². The standard InChI is InChI=1S/C14H13ClO4S2/c15-13-7-4-11(20-13)9-21(18,19)12-5-1-10(2-6-12)3-8-14(16)17/h1-2,4-7H,3,8-9H2,(H,16,17). The Labute approximate surface area is 131 Å². The van der Waals surface area contributed by atoms with Crippen LogP contribution < -0.4 is 0 Å². The molecule has 0 fully saturated rings. The Balaban J connectivity index is 2.11. The highest BCUT2D eigenvalue weighted by Gasteiger charge is 2.16. The Hall–Kier alpha value is -1.37. The van der Waals surface area contributed by atoms with E-state index in [4.69, 9.17) is 16.7 Å². The van der Waals surface area contributed by atoms with Crippen LogP contribution in [-0.2, 0) is 26.8 Å². The summed E-state index contributed by atoms with van der Waals surface area (Å²) in [5.41, 5.74) is 0.801. The van der Waals surface area contributed by atoms with Crippen LogP contribution >= 0.6 is 22.9 Å². The van der Waals surface area contributed by atoms with Crippen molar-refractivity contribution in [2.24, 2.45) is 0 Å². The third-order valence-corrected chi connectivity index (χ3v) is 5.97. The van der Waals surface area contributed by atoms with Crippen molar-refractivity contribution in [3.05, 3.63) is 51.2 Å². The first-order valence-electron chi connectivity index (χ1n) is 6.14. The molecule has 0 spiro atoms. The highest BCUT2D eigenvalue weighted by Crippen LogP contribution is 2.25. The van der Waals surface area contributed by atoms with E-state index in [9.17, 15) is 13.2 Å². The van der Waals surface area contributed by atoms with Gasteiger partial charge in [0.1, 0.15) is 0 Å². The smallest absolute Gasteiger partial charge is 0.303 e. The topological polar surface area (TPSA) is 71.4 Å². The molecule has 0 aliphatic rings. The highest BCUT2D eigenvalue weighted by atomic mass is 35.5. The van der Waals surface area contributed by atoms with Crippen LogP contribution in [0, 0.1) is 0 Å². The summed E-state index contributed by atoms with van der Waals surface area (Å²) in [4.78, 5) is 11.4. The SMILES string of the molecule is O=C(O)CCc1ccc(S(=O)(=O)Cc2ccc(Cl)s2)cc1. The number of sulfone groups is 1. The van der Waals surface area contributed by atoms with E-state index in [0.717, 1.165) is 5.56 Å². The predicted octanol–water partition coefficient (Wildman–Crippen LogP) is 3.39. The number of carboxylic acids is 1. The van der Waals surface area contributed by atoms with Gasteiger partial charge in [-0.05, 0) is 36.2 Å². The van der Waals surface area contributed by atoms with Crippen molar-refractivity contribution in [3.8, 4) is 0 Å². The number of thiophene rings is 1. The summed E-state index contributed by atoms with van der Waals surface area (Å²) in [6, 6.07) is 9.70. The van der Waals surface area contributed by atoms with Crippen molar-refractivity contribution in [2.75, 3.05) is 0 Å². The van der Waals surface area contributed by atoms with E-state index >= 15 is 0 Å². The molecule has 2 rings (SSSR count). The first-order valence-corrected chi connectivity index (χ1v) is 8.99. The molecule has 1 aromatic carbocycles. The minimum absolute atomic E-state index is 0.0276. The number of hydrogen-bond donors (Lipinski definition) is 1. The summed E-state index contributed by atoms with van der Waals surface area (Å²) in [7, 11) is -3.41. The van der Waals surface area contributed by atoms with Gasteiger partial charge >= 0.3 is 5.97 Å². The average Bonchev–Trinajstić information content (AvgIpc) is 2.81. The number of halogens is 1. The van der Waals surface area contributed by atoms with Gasteiger partial charge in [0, 0.05) is 11.3 Å². The lowest BCUT2D eigenvalue weighted by atomic mass is 10.1. The van der Waals surface area contributed by atoms with Gasteiger partial charge in [0.15, 0.2) is 9.84 Å². The first-order chi connectivity index (χ1) is 9.87. The van der Waals surface area contributed by atoms with E-state index in [0.29, 0.717) is 15.6 Å². The maximum atomic E-state index is 12.3. The maximum absolute atomic E-state index is 12.3. The minimum Gasteiger partial charge on any atom is -0.481 e. The molecule has 0 unspecified atom stereocenters. The Morgan fingerprint density at radius 3 is 2.33 bits per heavy atom. The fourth-order valence-electron chi connectivity index (χ4n) is 1.81. The summed E-state index contributed by atoms with van der Waals surface area (Å²) >= 11 is 7.04. The molecular formula is C14H13ClO4S2. The largest absolute Gasteiger partial charge is 0.481 e. The van der Waals surface area contributed by atoms with E-state index < -0.39 is 15.8 Å². The third kappa shape index (κ3) is 4.56. The van der Waals surface area contributed by atoms with Crippen molar-refractivity contribution in [1.82, 2.24) is 0 Å². The van der Waals surface area contributed by atoms with Crippen LogP contribution in [0.3, 0.4) is 0 Å². The van der Waals surface area contributed by atoms with Crippen molar-refractivity contribution in [3.63, 3.8) is 0 Å². The molecule has 7 heteroatoms. The van der Waals surface area contributed by atoms with Crippen LogP contribution in [0.25, 0.3) is 0 Å². The van der Waals surface area contributed by atoms with Gasteiger partial charge in [-0.25, -0.2) is 8.42 Å². The summed E-state index contributed by atoms with van der Waals surface area (Å²) in [6.07, 6.45) is 0.413. The van der Waals surface area contributed by atoms with Crippen molar-refractivity contribution in [1.29, 1.82) is 0 Å². The van der Waals surface area contributed by atoms with Crippen LogP contribution in [0.5, 0.6) is 0 Å². The van der Waals surface area contributed by atoms with Crippen molar-refractivity contribution < 1.29 is 18.3 Å². The molecule has 1 heterocycles. The Morgan fingerprint density at radius 2 is 1.81 bits per heavy atom. The summed E-state index contributed by atoms with van der Waals surface area (Å²) in [5.74, 6) is -0.958. The second kappa shape index (κ2) is 6.60. The molecule has 0 bridgehead atoms. The van der Waals surface area contributed by atoms with E-state index in [1.807, 2.05) is 0 Å². The molecular weight excluding hydrogens is 332 g/mol. The zero-order chi connectivity index (χ0) is 15.5. The van der Waals surface area contributed by atoms with Crippen LogP contribution in [0.4, 0.5) is 0 Å². The predicted molar refractivity (Wildman–Crippen MR) is 82.6 cm³/mol. The van der Waals surface area contributed by atoms with Crippen LogP contribution in [-0.4, -0.2) is 19.5 Å². The van der Waals surface area contributed by atoms with Crippen molar-refractivity contribution >= 4 is 38.7 Å². The highest BCUT2D eigenvalue weighted by molar-refractivity contribution is 7.90. The van der Waals surface area contributed by atoms with E-state index in [1.54, 1.807) is 24.3 Å². The fraction of sp³-hybridized carbons (Fsp3) is 0.214. The van der Waals surface area contributed by atoms with E-state index in [-0.39, 0.29) is 17.1 Å². The molecule has 1 aromatic heterocycles. The quantitative estimate of drug-likeness (QED) is 0.871. The molecule has 0 radical (unpaired) electrons. The molecule has 21 heavy (non-hydrogen) atoms. The van der Waals surface area contributed by atoms with Gasteiger partial charge in [-0.15, -0.1) is 11.3 Å². The number of benzene rings is 1. The maximum Gasteiger partial charge on any atom is 0.303 e. The lowest BCUT2D eigenvalue weighted by Gasteiger charge is -2.04. The van der Waals surface area contributed by atoms with Gasteiger partial charge in [0.2, 0.25) is 0 Å². The molecule has 112 valence electrons. The molecule has 0 saturated heterocycles. The Kier molecular flexibility index (Phi) is 5.03. The molecule has 4 nitrogen and oxygen atoms in total. The van der Waals surface area contributed by atoms with Gasteiger partial charge in [-0.1, -0.05) is 23.7 Å². The lowest BCUT2D eigenvalue weighted by Crippen LogP contribution is -2.04. The van der Waals surface area contributed by atoms with Crippen LogP contribution in [0.1, 0.15) is 16.9 Å². The zero-order valence-corrected chi connectivity index (χ0v) is 13.3. The Bertz CT molecular complexity index is 733. The number of carboxylic acid groups (broad SMARTS) is 1. The molecule has 0 aliphatic carbocycles. The van der Waals surface area contributed by atoms with Gasteiger partial charge in [0.25, 0.3) is 0 Å². The van der Waals surface area contributed by atoms with E-state index in [2.05, 4.69) is 0 Å². The molecule has 0 aliphatic heterocycles. The summed E-state index contributed by atoms with van der Waals surface area (Å²) in [5, 5.41) is 8.62. The summed E-state index contributed by atoms with van der Waals surface area (Å²) < 4.78 is 25.1. The van der Waals surface area contributed by atoms with Gasteiger partial charge in [-0.3, -0.25) is 4.79 Å². The molecule has 0 saturated carbocycles. The molecule has 0 amide bonds. The van der Waals surface area contributed by atoms with Gasteiger partial charge < -0.3 is 5.11 Å². The normalized spacial score (nSPS) is 11.5. The number of rotatable bonds is 6. The fourth-order valence-corrected chi connectivity index (χ4v) is 4.59. The first kappa shape index (κ1) is 16.0. The Morgan fingerprint density at radius 1 is 1.14 bits per heavy atom. The lowest BCUT2D eigenvalue weighted by molar-refractivity contribution is -0.136. The monoisotopic (exact) mass is 344 g/mol. The average molecular weight is 345 g/mol. The second-order valence-electron chi connectivity index (χ2n) is 4.50. The number of carbonyl (C=O) groups is 1. The zero-order valence-electron chi connectivity index (χ0n) is 11.0. The number of hydrogen-bond acceptors (Lipinski definition) is 4. The van der Waals surface area contributed by atoms with Crippen LogP contribution in [0.15, 0.2) is 41.3 Å². The summed E-state index contributed by atoms with van der Waals surface area (Å²) in [6.45, 7) is 0. The van der Waals surface area contributed by atoms with Crippen LogP contribution in [0.2, 0.25) is 4.34 Å². The molecule has 1 N–H and O–H groups in total. The minimum atomic E-state index is -3.41. The van der Waals surface area contributed by atoms with E-state index in [1.165, 1.54) is 23.5 Å². The second-order valence-corrected chi connectivity index (χ2v) is 8.29. The number of aliphatic carboxylic acids is 1. The number of aryl methyl sites for hydroxylation is 1.